The lowest BCUT2D eigenvalue weighted by Crippen LogP contribution is -2.37. The van der Waals surface area contributed by atoms with Gasteiger partial charge in [-0.2, -0.15) is 10.1 Å². The van der Waals surface area contributed by atoms with E-state index in [0.717, 1.165) is 15.2 Å². The van der Waals surface area contributed by atoms with Crippen molar-refractivity contribution < 1.29 is 0 Å². The Morgan fingerprint density at radius 3 is 2.61 bits per heavy atom. The van der Waals surface area contributed by atoms with Gasteiger partial charge in [0.2, 0.25) is 5.95 Å². The van der Waals surface area contributed by atoms with Crippen LogP contribution in [0.4, 0.5) is 5.95 Å². The highest BCUT2D eigenvalue weighted by Gasteiger charge is 2.16. The Morgan fingerprint density at radius 2 is 1.96 bits per heavy atom. The molecule has 0 aromatic carbocycles. The average molecular weight is 332 g/mol. The summed E-state index contributed by atoms with van der Waals surface area (Å²) in [5, 5.41) is 6.27. The van der Waals surface area contributed by atoms with Crippen LogP contribution in [0.5, 0.6) is 0 Å². The Kier molecular flexibility index (Phi) is 3.64. The molecule has 0 atom stereocenters. The van der Waals surface area contributed by atoms with Gasteiger partial charge < -0.3 is 4.57 Å². The van der Waals surface area contributed by atoms with Crippen LogP contribution in [0.25, 0.3) is 11.2 Å². The molecular weight excluding hydrogens is 316 g/mol. The quantitative estimate of drug-likeness (QED) is 0.569. The van der Waals surface area contributed by atoms with Gasteiger partial charge in [0.15, 0.2) is 11.2 Å². The van der Waals surface area contributed by atoms with E-state index in [-0.39, 0.29) is 5.56 Å². The highest BCUT2D eigenvalue weighted by atomic mass is 32.1. The number of hydrogen-bond acceptors (Lipinski definition) is 6. The van der Waals surface area contributed by atoms with Gasteiger partial charge in [-0.25, -0.2) is 10.2 Å². The molecule has 0 fully saturated rings. The Bertz CT molecular complexity index is 1020. The highest BCUT2D eigenvalue weighted by molar-refractivity contribution is 7.12. The predicted octanol–water partition coefficient (Wildman–Crippen LogP) is 0.868. The number of rotatable bonds is 3. The molecule has 0 aliphatic heterocycles. The van der Waals surface area contributed by atoms with Gasteiger partial charge in [-0.1, -0.05) is 6.07 Å². The van der Waals surface area contributed by atoms with Crippen molar-refractivity contribution in [3.05, 3.63) is 43.2 Å². The van der Waals surface area contributed by atoms with Crippen molar-refractivity contribution in [1.29, 1.82) is 0 Å². The fraction of sp³-hybridized carbons (Fsp3) is 0.286. The van der Waals surface area contributed by atoms with E-state index in [1.807, 2.05) is 24.4 Å². The lowest BCUT2D eigenvalue weighted by molar-refractivity contribution is 0.705. The van der Waals surface area contributed by atoms with Gasteiger partial charge in [0.25, 0.3) is 5.56 Å². The number of anilines is 1. The minimum Gasteiger partial charge on any atom is -0.306 e. The Hall–Kier alpha value is -2.68. The Labute approximate surface area is 135 Å². The smallest absolute Gasteiger partial charge is 0.306 e. The average Bonchev–Trinajstić information content (AvgIpc) is 3.17. The van der Waals surface area contributed by atoms with Crippen LogP contribution in [0.1, 0.15) is 11.8 Å². The fourth-order valence-electron chi connectivity index (χ4n) is 2.29. The van der Waals surface area contributed by atoms with E-state index in [4.69, 9.17) is 0 Å². The van der Waals surface area contributed by atoms with Gasteiger partial charge in [-0.05, 0) is 18.4 Å². The summed E-state index contributed by atoms with van der Waals surface area (Å²) in [4.78, 5) is 29.6. The summed E-state index contributed by atoms with van der Waals surface area (Å²) in [5.74, 6) is 0.397. The first-order valence-corrected chi connectivity index (χ1v) is 7.76. The molecule has 0 saturated heterocycles. The minimum atomic E-state index is -0.412. The van der Waals surface area contributed by atoms with Gasteiger partial charge in [-0.15, -0.1) is 11.3 Å². The Morgan fingerprint density at radius 1 is 1.22 bits per heavy atom. The van der Waals surface area contributed by atoms with Crippen molar-refractivity contribution in [2.24, 2.45) is 26.2 Å². The normalized spacial score (nSPS) is 12.1. The summed E-state index contributed by atoms with van der Waals surface area (Å²) in [6.45, 7) is 1.89. The maximum absolute atomic E-state index is 12.3. The third-order valence-electron chi connectivity index (χ3n) is 3.68. The molecule has 0 radical (unpaired) electrons. The molecule has 3 aromatic heterocycles. The van der Waals surface area contributed by atoms with E-state index in [1.165, 1.54) is 11.6 Å². The van der Waals surface area contributed by atoms with E-state index in [9.17, 15) is 9.59 Å². The number of aromatic nitrogens is 4. The van der Waals surface area contributed by atoms with Crippen molar-refractivity contribution in [2.45, 2.75) is 6.92 Å². The molecule has 0 bridgehead atoms. The molecule has 0 amide bonds. The minimum absolute atomic E-state index is 0.326. The monoisotopic (exact) mass is 332 g/mol. The third-order valence-corrected chi connectivity index (χ3v) is 4.66. The van der Waals surface area contributed by atoms with E-state index >= 15 is 0 Å². The highest BCUT2D eigenvalue weighted by Crippen LogP contribution is 2.14. The molecule has 120 valence electrons. The standard InChI is InChI=1S/C14H16N6O2S/c1-8(9-6-5-7-23-9)16-17-13-15-11-10(18(13)2)12(21)20(4)14(22)19(11)3/h5-7H,1-4H3,(H,15,17). The number of hydrogen-bond donors (Lipinski definition) is 1. The number of imidazole rings is 1. The van der Waals surface area contributed by atoms with Crippen molar-refractivity contribution >= 4 is 34.2 Å². The summed E-state index contributed by atoms with van der Waals surface area (Å²) in [7, 11) is 4.74. The van der Waals surface area contributed by atoms with E-state index in [2.05, 4.69) is 15.5 Å². The van der Waals surface area contributed by atoms with Crippen LogP contribution in [0, 0.1) is 0 Å². The van der Waals surface area contributed by atoms with Crippen LogP contribution in [0.2, 0.25) is 0 Å². The maximum atomic E-state index is 12.3. The molecule has 0 unspecified atom stereocenters. The van der Waals surface area contributed by atoms with Gasteiger partial charge in [-0.3, -0.25) is 13.9 Å². The van der Waals surface area contributed by atoms with E-state index in [1.54, 1.807) is 30.0 Å². The zero-order valence-corrected chi connectivity index (χ0v) is 14.0. The largest absolute Gasteiger partial charge is 0.332 e. The first kappa shape index (κ1) is 15.2. The molecule has 9 heteroatoms. The number of nitrogens with one attached hydrogen (secondary N) is 1. The molecule has 1 N–H and O–H groups in total. The summed E-state index contributed by atoms with van der Waals surface area (Å²) >= 11 is 1.59. The lowest BCUT2D eigenvalue weighted by Gasteiger charge is -2.03. The van der Waals surface area contributed by atoms with Gasteiger partial charge >= 0.3 is 5.69 Å². The fourth-order valence-corrected chi connectivity index (χ4v) is 2.97. The summed E-state index contributed by atoms with van der Waals surface area (Å²) < 4.78 is 4.01. The molecule has 0 aliphatic rings. The maximum Gasteiger partial charge on any atom is 0.332 e. The summed E-state index contributed by atoms with van der Waals surface area (Å²) in [6.07, 6.45) is 0. The summed E-state index contributed by atoms with van der Waals surface area (Å²) in [5.41, 5.74) is 3.56. The summed E-state index contributed by atoms with van der Waals surface area (Å²) in [6, 6.07) is 3.92. The SMILES string of the molecule is CC(=NNc1nc2c(c(=O)n(C)c(=O)n2C)n1C)c1cccs1. The number of fused-ring (bicyclic) bond motifs is 1. The van der Waals surface area contributed by atoms with Crippen molar-refractivity contribution in [2.75, 3.05) is 5.43 Å². The van der Waals surface area contributed by atoms with Crippen LogP contribution < -0.4 is 16.7 Å². The number of hydrazone groups is 1. The zero-order valence-electron chi connectivity index (χ0n) is 13.2. The van der Waals surface area contributed by atoms with Crippen molar-refractivity contribution in [1.82, 2.24) is 18.7 Å². The number of thiophene rings is 1. The topological polar surface area (TPSA) is 86.2 Å². The lowest BCUT2D eigenvalue weighted by atomic mass is 10.3. The van der Waals surface area contributed by atoms with E-state index in [0.29, 0.717) is 17.1 Å². The second kappa shape index (κ2) is 5.51. The Balaban J connectivity index is 2.10. The molecule has 0 saturated carbocycles. The molecule has 0 spiro atoms. The molecule has 3 rings (SSSR count). The van der Waals surface area contributed by atoms with Crippen LogP contribution in [-0.4, -0.2) is 24.4 Å². The van der Waals surface area contributed by atoms with Gasteiger partial charge in [0.05, 0.1) is 5.71 Å². The molecule has 23 heavy (non-hydrogen) atoms. The van der Waals surface area contributed by atoms with Crippen LogP contribution >= 0.6 is 11.3 Å². The van der Waals surface area contributed by atoms with Crippen LogP contribution in [0.15, 0.2) is 32.2 Å². The molecule has 8 nitrogen and oxygen atoms in total. The number of nitrogens with zero attached hydrogens (tertiary/aromatic N) is 5. The second-order valence-corrected chi connectivity index (χ2v) is 6.11. The number of aryl methyl sites for hydroxylation is 2. The first-order chi connectivity index (χ1) is 10.9. The van der Waals surface area contributed by atoms with Crippen molar-refractivity contribution in [3.8, 4) is 0 Å². The predicted molar refractivity (Wildman–Crippen MR) is 91.3 cm³/mol. The molecule has 0 aliphatic carbocycles. The molecule has 3 heterocycles. The zero-order chi connectivity index (χ0) is 16.7. The van der Waals surface area contributed by atoms with Gasteiger partial charge in [0, 0.05) is 26.0 Å². The third kappa shape index (κ3) is 2.38. The molecular formula is C14H16N6O2S. The van der Waals surface area contributed by atoms with Gasteiger partial charge in [0.1, 0.15) is 0 Å². The first-order valence-electron chi connectivity index (χ1n) is 6.88. The molecule has 3 aromatic rings. The van der Waals surface area contributed by atoms with E-state index < -0.39 is 5.69 Å². The second-order valence-electron chi connectivity index (χ2n) is 5.16. The van der Waals surface area contributed by atoms with Crippen molar-refractivity contribution in [3.63, 3.8) is 0 Å². The van der Waals surface area contributed by atoms with Crippen LogP contribution in [0.3, 0.4) is 0 Å². The van der Waals surface area contributed by atoms with Crippen LogP contribution in [-0.2, 0) is 21.1 Å².